The molecule has 2 aromatic carbocycles. The van der Waals surface area contributed by atoms with Gasteiger partial charge in [-0.1, -0.05) is 23.4 Å². The lowest BCUT2D eigenvalue weighted by atomic mass is 10.0. The summed E-state index contributed by atoms with van der Waals surface area (Å²) in [7, 11) is -2.64. The Morgan fingerprint density at radius 2 is 1.84 bits per heavy atom. The van der Waals surface area contributed by atoms with Gasteiger partial charge in [0.2, 0.25) is 0 Å². The number of allylic oxidation sites excluding steroid dienone is 1. The van der Waals surface area contributed by atoms with Crippen LogP contribution >= 0.6 is 0 Å². The summed E-state index contributed by atoms with van der Waals surface area (Å²) in [5.74, 6) is 0. The molecule has 0 saturated carbocycles. The van der Waals surface area contributed by atoms with Crippen molar-refractivity contribution >= 4 is 32.6 Å². The zero-order valence-electron chi connectivity index (χ0n) is 29.6. The number of aliphatic hydroxyl groups is 2. The number of ether oxygens (including phenoxy) is 3. The Labute approximate surface area is 294 Å². The third-order valence-corrected chi connectivity index (χ3v) is 10.9. The molecule has 3 aromatic rings. The van der Waals surface area contributed by atoms with Gasteiger partial charge in [-0.3, -0.25) is 0 Å². The molecule has 2 saturated heterocycles. The second-order valence-corrected chi connectivity index (χ2v) is 16.2. The van der Waals surface area contributed by atoms with Crippen molar-refractivity contribution in [1.29, 1.82) is 5.26 Å². The van der Waals surface area contributed by atoms with Crippen molar-refractivity contribution in [3.8, 4) is 6.07 Å². The van der Waals surface area contributed by atoms with Crippen LogP contribution in [0.2, 0.25) is 0 Å². The number of anilines is 1. The lowest BCUT2D eigenvalue weighted by Gasteiger charge is -2.36. The van der Waals surface area contributed by atoms with Crippen LogP contribution in [0.1, 0.15) is 71.1 Å². The van der Waals surface area contributed by atoms with Crippen LogP contribution < -0.4 is 9.62 Å². The van der Waals surface area contributed by atoms with Gasteiger partial charge in [-0.2, -0.15) is 5.26 Å². The van der Waals surface area contributed by atoms with E-state index in [0.29, 0.717) is 24.1 Å². The third-order valence-electron chi connectivity index (χ3n) is 9.26. The molecule has 3 N–H and O–H groups in total. The molecule has 2 aliphatic rings. The van der Waals surface area contributed by atoms with Crippen molar-refractivity contribution in [1.82, 2.24) is 19.7 Å². The van der Waals surface area contributed by atoms with Crippen molar-refractivity contribution in [3.05, 3.63) is 58.8 Å². The highest BCUT2D eigenvalue weighted by Crippen LogP contribution is 2.27. The molecule has 2 fully saturated rings. The van der Waals surface area contributed by atoms with Crippen LogP contribution in [0.25, 0.3) is 16.8 Å². The Bertz CT molecular complexity index is 1800. The average Bonchev–Trinajstić information content (AvgIpc) is 3.50. The van der Waals surface area contributed by atoms with E-state index in [-0.39, 0.29) is 24.5 Å². The molecule has 1 aromatic heterocycles. The molecule has 3 heterocycles. The van der Waals surface area contributed by atoms with Crippen LogP contribution in [0.5, 0.6) is 0 Å². The molecule has 5 rings (SSSR count). The summed E-state index contributed by atoms with van der Waals surface area (Å²) in [5, 5.41) is 40.8. The van der Waals surface area contributed by atoms with Gasteiger partial charge in [0.1, 0.15) is 18.3 Å². The van der Waals surface area contributed by atoms with E-state index in [1.807, 2.05) is 44.2 Å². The number of rotatable bonds is 14. The first-order valence-electron chi connectivity index (χ1n) is 17.2. The second-order valence-electron chi connectivity index (χ2n) is 14.5. The van der Waals surface area contributed by atoms with E-state index in [9.17, 15) is 23.9 Å². The molecule has 0 spiro atoms. The number of aromatic nitrogens is 3. The molecule has 2 aliphatic heterocycles. The summed E-state index contributed by atoms with van der Waals surface area (Å²) in [5.41, 5.74) is 0.912. The van der Waals surface area contributed by atoms with Crippen LogP contribution in [0, 0.1) is 11.3 Å². The SMILES string of the molecule is CO[C@@H]1CC(O)[C@H](O)C(Cn2cc(CC(C)(C)OCCC(C)(C)NS(=O)(=O)/C(C#N)=C/c3ccc4cc(N5CCCCC5)ccc4c3)nn2)O1. The largest absolute Gasteiger partial charge is 0.390 e. The highest BCUT2D eigenvalue weighted by Gasteiger charge is 2.37. The first-order chi connectivity index (χ1) is 23.7. The number of fused-ring (bicyclic) bond motifs is 1. The monoisotopic (exact) mass is 710 g/mol. The maximum atomic E-state index is 13.4. The first kappa shape index (κ1) is 37.8. The molecule has 0 amide bonds. The summed E-state index contributed by atoms with van der Waals surface area (Å²) in [6.45, 7) is 9.86. The molecule has 0 aliphatic carbocycles. The number of piperidine rings is 1. The van der Waals surface area contributed by atoms with E-state index in [1.54, 1.807) is 24.7 Å². The van der Waals surface area contributed by atoms with Gasteiger partial charge in [0.25, 0.3) is 10.0 Å². The Morgan fingerprint density at radius 3 is 2.56 bits per heavy atom. The zero-order valence-corrected chi connectivity index (χ0v) is 30.4. The smallest absolute Gasteiger partial charge is 0.251 e. The molecule has 0 radical (unpaired) electrons. The van der Waals surface area contributed by atoms with Crippen LogP contribution in [-0.4, -0.2) is 96.2 Å². The Morgan fingerprint density at radius 1 is 1.12 bits per heavy atom. The number of aliphatic hydroxyl groups excluding tert-OH is 2. The molecular formula is C36H50N6O7S. The molecule has 14 heteroatoms. The topological polar surface area (TPSA) is 172 Å². The van der Waals surface area contributed by atoms with E-state index in [4.69, 9.17) is 14.2 Å². The van der Waals surface area contributed by atoms with Gasteiger partial charge in [0, 0.05) is 57.1 Å². The van der Waals surface area contributed by atoms with Crippen molar-refractivity contribution < 1.29 is 32.8 Å². The second kappa shape index (κ2) is 15.9. The average molecular weight is 711 g/mol. The number of methoxy groups -OCH3 is 1. The standard InChI is InChI=1S/C36H50N6O7S/c1-35(2,13-16-48-36(3,4)21-28-23-42(40-38-28)24-32-34(44)31(43)20-33(47-5)49-32)39-50(45,46)30(22-37)18-25-9-10-27-19-29(12-11-26(27)17-25)41-14-7-6-8-15-41/h9-12,17-19,23,31-34,39,43-44H,6-8,13-16,20-21,24H2,1-5H3/b30-18+/t31?,32?,33-,34-/m0/s1. The molecule has 0 bridgehead atoms. The van der Waals surface area contributed by atoms with Gasteiger partial charge in [0.15, 0.2) is 11.2 Å². The van der Waals surface area contributed by atoms with Crippen LogP contribution in [0.3, 0.4) is 0 Å². The molecule has 2 unspecified atom stereocenters. The lowest BCUT2D eigenvalue weighted by molar-refractivity contribution is -0.245. The maximum absolute atomic E-state index is 13.4. The number of hydrogen-bond acceptors (Lipinski definition) is 11. The van der Waals surface area contributed by atoms with E-state index in [1.165, 1.54) is 38.1 Å². The lowest BCUT2D eigenvalue weighted by Crippen LogP contribution is -2.50. The molecule has 272 valence electrons. The summed E-state index contributed by atoms with van der Waals surface area (Å²) in [4.78, 5) is 2.04. The normalized spacial score (nSPS) is 22.5. The maximum Gasteiger partial charge on any atom is 0.251 e. The third kappa shape index (κ3) is 9.88. The summed E-state index contributed by atoms with van der Waals surface area (Å²) in [6, 6.07) is 13.9. The van der Waals surface area contributed by atoms with E-state index in [0.717, 1.165) is 23.9 Å². The first-order valence-corrected chi connectivity index (χ1v) is 18.7. The van der Waals surface area contributed by atoms with Gasteiger partial charge < -0.3 is 29.3 Å². The van der Waals surface area contributed by atoms with Crippen molar-refractivity contribution in [2.24, 2.45) is 0 Å². The molecular weight excluding hydrogens is 660 g/mol. The highest BCUT2D eigenvalue weighted by atomic mass is 32.2. The quantitative estimate of drug-likeness (QED) is 0.207. The Hall–Kier alpha value is -3.42. The number of hydrogen-bond donors (Lipinski definition) is 3. The summed E-state index contributed by atoms with van der Waals surface area (Å²) in [6.07, 6.45) is 4.38. The van der Waals surface area contributed by atoms with Gasteiger partial charge in [-0.05, 0) is 94.0 Å². The number of nitrogens with zero attached hydrogens (tertiary/aromatic N) is 5. The fourth-order valence-electron chi connectivity index (χ4n) is 6.46. The van der Waals surface area contributed by atoms with E-state index < -0.39 is 45.8 Å². The van der Waals surface area contributed by atoms with Crippen LogP contribution in [0.4, 0.5) is 5.69 Å². The number of benzene rings is 2. The van der Waals surface area contributed by atoms with Gasteiger partial charge in [-0.15, -0.1) is 5.10 Å². The molecule has 4 atom stereocenters. The number of nitriles is 1. The zero-order chi connectivity index (χ0) is 36.1. The predicted molar refractivity (Wildman–Crippen MR) is 190 cm³/mol. The predicted octanol–water partition coefficient (Wildman–Crippen LogP) is 3.90. The van der Waals surface area contributed by atoms with Gasteiger partial charge >= 0.3 is 0 Å². The van der Waals surface area contributed by atoms with Crippen molar-refractivity contribution in [2.45, 2.75) is 109 Å². The van der Waals surface area contributed by atoms with E-state index >= 15 is 0 Å². The highest BCUT2D eigenvalue weighted by molar-refractivity contribution is 7.93. The summed E-state index contributed by atoms with van der Waals surface area (Å²) < 4.78 is 48.1. The Balaban J connectivity index is 1.14. The van der Waals surface area contributed by atoms with Gasteiger partial charge in [-0.25, -0.2) is 17.8 Å². The fourth-order valence-corrected chi connectivity index (χ4v) is 7.81. The fraction of sp³-hybridized carbons (Fsp3) is 0.583. The Kier molecular flexibility index (Phi) is 12.0. The van der Waals surface area contributed by atoms with E-state index in [2.05, 4.69) is 32.1 Å². The molecule has 50 heavy (non-hydrogen) atoms. The number of nitrogens with one attached hydrogen (secondary N) is 1. The minimum atomic E-state index is -4.12. The van der Waals surface area contributed by atoms with Crippen LogP contribution in [-0.2, 0) is 37.2 Å². The minimum Gasteiger partial charge on any atom is -0.390 e. The van der Waals surface area contributed by atoms with Crippen molar-refractivity contribution in [2.75, 3.05) is 31.7 Å². The minimum absolute atomic E-state index is 0.181. The summed E-state index contributed by atoms with van der Waals surface area (Å²) >= 11 is 0. The molecule has 13 nitrogen and oxygen atoms in total. The van der Waals surface area contributed by atoms with Gasteiger partial charge in [0.05, 0.1) is 23.9 Å². The van der Waals surface area contributed by atoms with Crippen LogP contribution in [0.15, 0.2) is 47.5 Å². The number of sulfonamides is 1. The van der Waals surface area contributed by atoms with Crippen molar-refractivity contribution in [3.63, 3.8) is 0 Å².